The van der Waals surface area contributed by atoms with Gasteiger partial charge in [-0.3, -0.25) is 0 Å². The van der Waals surface area contributed by atoms with E-state index < -0.39 is 0 Å². The van der Waals surface area contributed by atoms with Gasteiger partial charge in [-0.2, -0.15) is 0 Å². The molecule has 0 spiro atoms. The van der Waals surface area contributed by atoms with Gasteiger partial charge in [-0.05, 0) is 44.5 Å². The van der Waals surface area contributed by atoms with Crippen molar-refractivity contribution in [1.82, 2.24) is 0 Å². The van der Waals surface area contributed by atoms with Crippen LogP contribution in [0.25, 0.3) is 5.57 Å². The molecule has 1 aliphatic heterocycles. The number of hydrogen-bond acceptors (Lipinski definition) is 2. The summed E-state index contributed by atoms with van der Waals surface area (Å²) in [5.41, 5.74) is 3.77. The Kier molecular flexibility index (Phi) is 2.67. The van der Waals surface area contributed by atoms with Crippen molar-refractivity contribution >= 4 is 11.3 Å². The van der Waals surface area contributed by atoms with Crippen LogP contribution in [0.1, 0.15) is 26.3 Å². The fraction of sp³-hybridized carbons (Fsp3) is 0.385. The number of allylic oxidation sites excluding steroid dienone is 1. The van der Waals surface area contributed by atoms with Crippen LogP contribution >= 0.6 is 0 Å². The second kappa shape index (κ2) is 3.97. The van der Waals surface area contributed by atoms with Crippen molar-refractivity contribution in [2.45, 2.75) is 26.8 Å². The highest BCUT2D eigenvalue weighted by atomic mass is 16.5. The summed E-state index contributed by atoms with van der Waals surface area (Å²) >= 11 is 0. The van der Waals surface area contributed by atoms with Crippen molar-refractivity contribution in [2.24, 2.45) is 0 Å². The zero-order valence-electron chi connectivity index (χ0n) is 9.50. The van der Waals surface area contributed by atoms with Gasteiger partial charge in [-0.15, -0.1) is 0 Å². The topological polar surface area (TPSA) is 21.3 Å². The molecule has 1 N–H and O–H groups in total. The zero-order chi connectivity index (χ0) is 10.8. The summed E-state index contributed by atoms with van der Waals surface area (Å²) in [6.07, 6.45) is 2.23. The van der Waals surface area contributed by atoms with E-state index in [1.54, 1.807) is 0 Å². The summed E-state index contributed by atoms with van der Waals surface area (Å²) in [6.45, 7) is 7.02. The van der Waals surface area contributed by atoms with Crippen LogP contribution < -0.4 is 10.1 Å². The lowest BCUT2D eigenvalue weighted by molar-refractivity contribution is 0.340. The number of rotatable bonds is 2. The Labute approximate surface area is 91.0 Å². The Bertz CT molecular complexity index is 396. The van der Waals surface area contributed by atoms with Gasteiger partial charge < -0.3 is 10.1 Å². The molecule has 0 radical (unpaired) electrons. The van der Waals surface area contributed by atoms with Gasteiger partial charge in [0.25, 0.3) is 0 Å². The van der Waals surface area contributed by atoms with Gasteiger partial charge >= 0.3 is 0 Å². The molecule has 0 bridgehead atoms. The van der Waals surface area contributed by atoms with Crippen LogP contribution in [0.2, 0.25) is 0 Å². The lowest BCUT2D eigenvalue weighted by Gasteiger charge is -2.23. The minimum atomic E-state index is 0.412. The highest BCUT2D eigenvalue weighted by Crippen LogP contribution is 2.32. The molecule has 1 atom stereocenters. The fourth-order valence-corrected chi connectivity index (χ4v) is 1.98. The molecule has 0 fully saturated rings. The van der Waals surface area contributed by atoms with E-state index in [2.05, 4.69) is 37.4 Å². The van der Waals surface area contributed by atoms with E-state index >= 15 is 0 Å². The van der Waals surface area contributed by atoms with Crippen molar-refractivity contribution in [2.75, 3.05) is 11.9 Å². The average Bonchev–Trinajstić information content (AvgIpc) is 2.19. The lowest BCUT2D eigenvalue weighted by Crippen LogP contribution is -2.17. The molecule has 15 heavy (non-hydrogen) atoms. The van der Waals surface area contributed by atoms with Gasteiger partial charge in [0.05, 0.1) is 6.61 Å². The standard InChI is InChI=1S/C13H17NO/c1-4-15-11-5-6-13-12(8-11)9(2)7-10(3)14-13/h5-8,10,14H,4H2,1-3H3. The van der Waals surface area contributed by atoms with Crippen molar-refractivity contribution < 1.29 is 4.74 Å². The number of anilines is 1. The van der Waals surface area contributed by atoms with Crippen LogP contribution in [0.3, 0.4) is 0 Å². The first-order valence-electron chi connectivity index (χ1n) is 5.43. The monoisotopic (exact) mass is 203 g/mol. The molecule has 0 aliphatic carbocycles. The zero-order valence-corrected chi connectivity index (χ0v) is 9.50. The SMILES string of the molecule is CCOc1ccc2c(c1)C(C)=CC(C)N2. The Morgan fingerprint density at radius 1 is 1.40 bits per heavy atom. The molecule has 0 aromatic heterocycles. The van der Waals surface area contributed by atoms with Gasteiger partial charge in [-0.25, -0.2) is 0 Å². The summed E-state index contributed by atoms with van der Waals surface area (Å²) in [6, 6.07) is 6.62. The van der Waals surface area contributed by atoms with E-state index in [0.29, 0.717) is 12.6 Å². The van der Waals surface area contributed by atoms with E-state index in [0.717, 1.165) is 5.75 Å². The van der Waals surface area contributed by atoms with E-state index in [-0.39, 0.29) is 0 Å². The van der Waals surface area contributed by atoms with E-state index in [1.807, 2.05) is 13.0 Å². The molecule has 80 valence electrons. The first kappa shape index (κ1) is 10.1. The number of hydrogen-bond donors (Lipinski definition) is 1. The normalized spacial score (nSPS) is 18.9. The molecule has 0 amide bonds. The van der Waals surface area contributed by atoms with Gasteiger partial charge in [0, 0.05) is 17.3 Å². The van der Waals surface area contributed by atoms with Crippen LogP contribution in [-0.4, -0.2) is 12.6 Å². The minimum Gasteiger partial charge on any atom is -0.494 e. The second-order valence-electron chi connectivity index (χ2n) is 3.92. The molecule has 1 unspecified atom stereocenters. The van der Waals surface area contributed by atoms with Crippen molar-refractivity contribution in [3.8, 4) is 5.75 Å². The molecule has 1 heterocycles. The molecule has 2 heteroatoms. The van der Waals surface area contributed by atoms with Crippen LogP contribution in [-0.2, 0) is 0 Å². The summed E-state index contributed by atoms with van der Waals surface area (Å²) in [4.78, 5) is 0. The quantitative estimate of drug-likeness (QED) is 0.796. The fourth-order valence-electron chi connectivity index (χ4n) is 1.98. The van der Waals surface area contributed by atoms with Gasteiger partial charge in [-0.1, -0.05) is 6.08 Å². The Balaban J connectivity index is 2.38. The summed E-state index contributed by atoms with van der Waals surface area (Å²) in [5, 5.41) is 3.43. The molecule has 2 rings (SSSR count). The first-order valence-corrected chi connectivity index (χ1v) is 5.43. The Hall–Kier alpha value is -1.44. The van der Waals surface area contributed by atoms with Crippen molar-refractivity contribution in [1.29, 1.82) is 0 Å². The predicted octanol–water partition coefficient (Wildman–Crippen LogP) is 3.30. The van der Waals surface area contributed by atoms with Crippen molar-refractivity contribution in [3.05, 3.63) is 29.8 Å². The first-order chi connectivity index (χ1) is 7.20. The third kappa shape index (κ3) is 1.99. The van der Waals surface area contributed by atoms with E-state index in [1.165, 1.54) is 16.8 Å². The molecule has 1 aromatic rings. The summed E-state index contributed by atoms with van der Waals surface area (Å²) in [5.74, 6) is 0.945. The Morgan fingerprint density at radius 3 is 2.93 bits per heavy atom. The predicted molar refractivity (Wildman–Crippen MR) is 64.3 cm³/mol. The van der Waals surface area contributed by atoms with Gasteiger partial charge in [0.1, 0.15) is 5.75 Å². The molecular weight excluding hydrogens is 186 g/mol. The van der Waals surface area contributed by atoms with E-state index in [4.69, 9.17) is 4.74 Å². The Morgan fingerprint density at radius 2 is 2.20 bits per heavy atom. The number of ether oxygens (including phenoxy) is 1. The maximum Gasteiger partial charge on any atom is 0.120 e. The molecule has 2 nitrogen and oxygen atoms in total. The third-order valence-electron chi connectivity index (χ3n) is 2.61. The highest BCUT2D eigenvalue weighted by molar-refractivity contribution is 5.79. The summed E-state index contributed by atoms with van der Waals surface area (Å²) < 4.78 is 5.49. The lowest BCUT2D eigenvalue weighted by atomic mass is 9.98. The summed E-state index contributed by atoms with van der Waals surface area (Å²) in [7, 11) is 0. The third-order valence-corrected chi connectivity index (χ3v) is 2.61. The average molecular weight is 203 g/mol. The molecular formula is C13H17NO. The largest absolute Gasteiger partial charge is 0.494 e. The number of fused-ring (bicyclic) bond motifs is 1. The smallest absolute Gasteiger partial charge is 0.120 e. The second-order valence-corrected chi connectivity index (χ2v) is 3.92. The molecule has 0 saturated heterocycles. The maximum atomic E-state index is 5.49. The number of benzene rings is 1. The number of nitrogens with one attached hydrogen (secondary N) is 1. The van der Waals surface area contributed by atoms with Crippen LogP contribution in [0.5, 0.6) is 5.75 Å². The van der Waals surface area contributed by atoms with Crippen molar-refractivity contribution in [3.63, 3.8) is 0 Å². The van der Waals surface area contributed by atoms with Crippen LogP contribution in [0.15, 0.2) is 24.3 Å². The minimum absolute atomic E-state index is 0.412. The molecule has 1 aromatic carbocycles. The maximum absolute atomic E-state index is 5.49. The van der Waals surface area contributed by atoms with Gasteiger partial charge in [0.15, 0.2) is 0 Å². The van der Waals surface area contributed by atoms with Gasteiger partial charge in [0.2, 0.25) is 0 Å². The highest BCUT2D eigenvalue weighted by Gasteiger charge is 2.13. The van der Waals surface area contributed by atoms with Crippen LogP contribution in [0.4, 0.5) is 5.69 Å². The van der Waals surface area contributed by atoms with Crippen LogP contribution in [0, 0.1) is 0 Å². The van der Waals surface area contributed by atoms with E-state index in [9.17, 15) is 0 Å². The molecule has 0 saturated carbocycles. The molecule has 1 aliphatic rings.